The number of benzene rings is 1. The fourth-order valence-corrected chi connectivity index (χ4v) is 1.71. The van der Waals surface area contributed by atoms with Crippen molar-refractivity contribution in [2.75, 3.05) is 18.1 Å². The third-order valence-electron chi connectivity index (χ3n) is 2.07. The van der Waals surface area contributed by atoms with Gasteiger partial charge in [-0.05, 0) is 18.2 Å². The molecule has 1 rings (SSSR count). The molecule has 1 aromatic carbocycles. The average Bonchev–Trinajstić information content (AvgIpc) is 2.29. The van der Waals surface area contributed by atoms with Gasteiger partial charge in [-0.25, -0.2) is 8.42 Å². The summed E-state index contributed by atoms with van der Waals surface area (Å²) in [5.41, 5.74) is 0.496. The quantitative estimate of drug-likeness (QED) is 0.778. The van der Waals surface area contributed by atoms with Gasteiger partial charge < -0.3 is 4.74 Å². The van der Waals surface area contributed by atoms with Crippen molar-refractivity contribution < 1.29 is 13.2 Å². The highest BCUT2D eigenvalue weighted by molar-refractivity contribution is 7.91. The number of nitriles is 1. The Bertz CT molecular complexity index is 488. The number of rotatable bonds is 5. The Balaban J connectivity index is 2.53. The van der Waals surface area contributed by atoms with E-state index in [1.54, 1.807) is 31.2 Å². The van der Waals surface area contributed by atoms with Crippen molar-refractivity contribution in [3.63, 3.8) is 0 Å². The van der Waals surface area contributed by atoms with E-state index < -0.39 is 9.84 Å². The summed E-state index contributed by atoms with van der Waals surface area (Å²) >= 11 is 0. The van der Waals surface area contributed by atoms with Crippen LogP contribution in [0.25, 0.3) is 0 Å². The summed E-state index contributed by atoms with van der Waals surface area (Å²) in [5, 5.41) is 8.65. The molecule has 86 valence electrons. The van der Waals surface area contributed by atoms with Gasteiger partial charge in [0.1, 0.15) is 12.4 Å². The molecule has 1 aromatic rings. The molecule has 0 N–H and O–H groups in total. The molecule has 0 amide bonds. The predicted octanol–water partition coefficient (Wildman–Crippen LogP) is 1.37. The van der Waals surface area contributed by atoms with Crippen LogP contribution in [0.15, 0.2) is 24.3 Å². The van der Waals surface area contributed by atoms with E-state index in [1.165, 1.54) is 0 Å². The normalized spacial score (nSPS) is 10.8. The van der Waals surface area contributed by atoms with Crippen LogP contribution in [0.5, 0.6) is 5.75 Å². The van der Waals surface area contributed by atoms with Gasteiger partial charge in [-0.1, -0.05) is 13.0 Å². The van der Waals surface area contributed by atoms with Crippen LogP contribution in [-0.2, 0) is 9.84 Å². The molecule has 0 atom stereocenters. The third kappa shape index (κ3) is 3.91. The number of hydrogen-bond donors (Lipinski definition) is 0. The monoisotopic (exact) mass is 239 g/mol. The second-order valence-electron chi connectivity index (χ2n) is 3.22. The lowest BCUT2D eigenvalue weighted by Gasteiger charge is -2.05. The minimum Gasteiger partial charge on any atom is -0.492 e. The Morgan fingerprint density at radius 1 is 1.44 bits per heavy atom. The number of nitrogens with zero attached hydrogens (tertiary/aromatic N) is 1. The van der Waals surface area contributed by atoms with E-state index in [-0.39, 0.29) is 18.1 Å². The summed E-state index contributed by atoms with van der Waals surface area (Å²) in [6.45, 7) is 1.72. The van der Waals surface area contributed by atoms with Gasteiger partial charge in [0.15, 0.2) is 9.84 Å². The van der Waals surface area contributed by atoms with Crippen LogP contribution in [0, 0.1) is 11.3 Å². The SMILES string of the molecule is CCS(=O)(=O)CCOc1cccc(C#N)c1. The Hall–Kier alpha value is -1.54. The van der Waals surface area contributed by atoms with Gasteiger partial charge in [-0.15, -0.1) is 0 Å². The smallest absolute Gasteiger partial charge is 0.153 e. The highest BCUT2D eigenvalue weighted by atomic mass is 32.2. The van der Waals surface area contributed by atoms with E-state index in [4.69, 9.17) is 10.00 Å². The largest absolute Gasteiger partial charge is 0.492 e. The minimum atomic E-state index is -3.00. The third-order valence-corrected chi connectivity index (χ3v) is 3.73. The van der Waals surface area contributed by atoms with Crippen molar-refractivity contribution >= 4 is 9.84 Å². The molecule has 0 aliphatic carbocycles. The van der Waals surface area contributed by atoms with Crippen molar-refractivity contribution in [3.05, 3.63) is 29.8 Å². The zero-order chi connectivity index (χ0) is 12.0. The lowest BCUT2D eigenvalue weighted by Crippen LogP contribution is -2.15. The van der Waals surface area contributed by atoms with E-state index >= 15 is 0 Å². The zero-order valence-electron chi connectivity index (χ0n) is 9.01. The van der Waals surface area contributed by atoms with Crippen molar-refractivity contribution in [1.29, 1.82) is 5.26 Å². The van der Waals surface area contributed by atoms with Crippen molar-refractivity contribution in [2.24, 2.45) is 0 Å². The number of sulfone groups is 1. The first-order valence-electron chi connectivity index (χ1n) is 4.91. The van der Waals surface area contributed by atoms with Gasteiger partial charge in [0, 0.05) is 5.75 Å². The maximum Gasteiger partial charge on any atom is 0.153 e. The average molecular weight is 239 g/mol. The standard InChI is InChI=1S/C11H13NO3S/c1-2-16(13,14)7-6-15-11-5-3-4-10(8-11)9-12/h3-5,8H,2,6-7H2,1H3. The fraction of sp³-hybridized carbons (Fsp3) is 0.364. The molecule has 0 aliphatic rings. The van der Waals surface area contributed by atoms with Gasteiger partial charge in [-0.3, -0.25) is 0 Å². The number of hydrogen-bond acceptors (Lipinski definition) is 4. The lowest BCUT2D eigenvalue weighted by molar-refractivity contribution is 0.341. The first-order chi connectivity index (χ1) is 7.57. The summed E-state index contributed by atoms with van der Waals surface area (Å²) < 4.78 is 27.6. The molecular weight excluding hydrogens is 226 g/mol. The second-order valence-corrected chi connectivity index (χ2v) is 5.70. The van der Waals surface area contributed by atoms with E-state index in [0.717, 1.165) is 0 Å². The van der Waals surface area contributed by atoms with Crippen molar-refractivity contribution in [1.82, 2.24) is 0 Å². The Kier molecular flexibility index (Phi) is 4.32. The maximum atomic E-state index is 11.2. The zero-order valence-corrected chi connectivity index (χ0v) is 9.83. The second kappa shape index (κ2) is 5.52. The van der Waals surface area contributed by atoms with Gasteiger partial charge in [-0.2, -0.15) is 5.26 Å². The predicted molar refractivity (Wildman–Crippen MR) is 61.0 cm³/mol. The lowest BCUT2D eigenvalue weighted by atomic mass is 10.2. The van der Waals surface area contributed by atoms with Crippen LogP contribution >= 0.6 is 0 Å². The highest BCUT2D eigenvalue weighted by Crippen LogP contribution is 2.12. The van der Waals surface area contributed by atoms with E-state index in [0.29, 0.717) is 11.3 Å². The maximum absolute atomic E-state index is 11.2. The molecule has 16 heavy (non-hydrogen) atoms. The summed E-state index contributed by atoms with van der Waals surface area (Å²) in [5.74, 6) is 0.639. The highest BCUT2D eigenvalue weighted by Gasteiger charge is 2.07. The minimum absolute atomic E-state index is 0.000279. The van der Waals surface area contributed by atoms with Crippen LogP contribution < -0.4 is 4.74 Å². The molecular formula is C11H13NO3S. The molecule has 0 heterocycles. The van der Waals surface area contributed by atoms with Crippen LogP contribution in [0.3, 0.4) is 0 Å². The molecule has 5 heteroatoms. The van der Waals surface area contributed by atoms with Gasteiger partial charge in [0.05, 0.1) is 17.4 Å². The van der Waals surface area contributed by atoms with Gasteiger partial charge in [0.2, 0.25) is 0 Å². The fourth-order valence-electron chi connectivity index (χ4n) is 1.09. The molecule has 0 spiro atoms. The van der Waals surface area contributed by atoms with Crippen LogP contribution in [-0.4, -0.2) is 26.5 Å². The Labute approximate surface area is 95.4 Å². The molecule has 0 unspecified atom stereocenters. The first kappa shape index (κ1) is 12.5. The van der Waals surface area contributed by atoms with Crippen LogP contribution in [0.2, 0.25) is 0 Å². The molecule has 4 nitrogen and oxygen atoms in total. The molecule has 0 saturated carbocycles. The van der Waals surface area contributed by atoms with Crippen LogP contribution in [0.4, 0.5) is 0 Å². The van der Waals surface area contributed by atoms with Crippen molar-refractivity contribution in [3.8, 4) is 11.8 Å². The molecule has 0 bridgehead atoms. The van der Waals surface area contributed by atoms with Crippen LogP contribution in [0.1, 0.15) is 12.5 Å². The summed E-state index contributed by atoms with van der Waals surface area (Å²) in [6.07, 6.45) is 0. The van der Waals surface area contributed by atoms with Gasteiger partial charge >= 0.3 is 0 Å². The van der Waals surface area contributed by atoms with E-state index in [2.05, 4.69) is 0 Å². The van der Waals surface area contributed by atoms with Crippen molar-refractivity contribution in [2.45, 2.75) is 6.92 Å². The first-order valence-corrected chi connectivity index (χ1v) is 6.73. The topological polar surface area (TPSA) is 67.2 Å². The molecule has 0 aromatic heterocycles. The molecule has 0 aliphatic heterocycles. The van der Waals surface area contributed by atoms with Gasteiger partial charge in [0.25, 0.3) is 0 Å². The molecule has 0 radical (unpaired) electrons. The molecule has 0 saturated heterocycles. The Morgan fingerprint density at radius 3 is 2.81 bits per heavy atom. The number of ether oxygens (including phenoxy) is 1. The summed E-state index contributed by atoms with van der Waals surface area (Å²) in [4.78, 5) is 0. The molecule has 0 fully saturated rings. The summed E-state index contributed by atoms with van der Waals surface area (Å²) in [7, 11) is -3.00. The van der Waals surface area contributed by atoms with E-state index in [9.17, 15) is 8.42 Å². The van der Waals surface area contributed by atoms with E-state index in [1.807, 2.05) is 6.07 Å². The summed E-state index contributed by atoms with van der Waals surface area (Å²) in [6, 6.07) is 8.62. The Morgan fingerprint density at radius 2 is 2.19 bits per heavy atom.